The van der Waals surface area contributed by atoms with Crippen LogP contribution in [0.15, 0.2) is 0 Å². The lowest BCUT2D eigenvalue weighted by Gasteiger charge is -2.22. The number of aryl methyl sites for hydroxylation is 1. The molecule has 2 amide bonds. The van der Waals surface area contributed by atoms with Crippen LogP contribution in [0.5, 0.6) is 0 Å². The highest BCUT2D eigenvalue weighted by Crippen LogP contribution is 2.45. The molecule has 1 aromatic rings. The van der Waals surface area contributed by atoms with Crippen molar-refractivity contribution in [2.75, 3.05) is 22.2 Å². The number of hydrogen-bond acceptors (Lipinski definition) is 6. The fourth-order valence-electron chi connectivity index (χ4n) is 2.85. The lowest BCUT2D eigenvalue weighted by molar-refractivity contribution is -0.119. The van der Waals surface area contributed by atoms with Gasteiger partial charge in [-0.25, -0.2) is 10.8 Å². The number of hydrogen-bond donors (Lipinski definition) is 4. The van der Waals surface area contributed by atoms with E-state index < -0.39 is 5.66 Å². The molecular formula is C16H26N6O2. The van der Waals surface area contributed by atoms with E-state index in [1.54, 1.807) is 0 Å². The minimum absolute atomic E-state index is 0.0941. The number of nitrogen functional groups attached to an aromatic ring is 1. The van der Waals surface area contributed by atoms with Gasteiger partial charge in [-0.05, 0) is 32.8 Å². The van der Waals surface area contributed by atoms with Gasteiger partial charge in [0.15, 0.2) is 5.82 Å². The standard InChI is InChI=1S/C16H26N6O2/c1-6-7-12(24)19-13-14(9(2)10(3)18-15(13)21-17)22-8-16(22,5)20-11(4)23/h6-8,17H2,1-5H3,(H,18,21)(H,19,24)(H,20,23). The first-order valence-electron chi connectivity index (χ1n) is 8.07. The van der Waals surface area contributed by atoms with Gasteiger partial charge in [-0.15, -0.1) is 0 Å². The van der Waals surface area contributed by atoms with Crippen LogP contribution in [-0.2, 0) is 9.59 Å². The van der Waals surface area contributed by atoms with Crippen LogP contribution in [0, 0.1) is 13.8 Å². The van der Waals surface area contributed by atoms with E-state index >= 15 is 0 Å². The second-order valence-corrected chi connectivity index (χ2v) is 6.38. The molecule has 1 aliphatic heterocycles. The molecule has 0 aromatic carbocycles. The van der Waals surface area contributed by atoms with Crippen molar-refractivity contribution in [2.24, 2.45) is 5.84 Å². The first-order valence-corrected chi connectivity index (χ1v) is 8.07. The molecule has 1 saturated heterocycles. The lowest BCUT2D eigenvalue weighted by Crippen LogP contribution is -2.37. The summed E-state index contributed by atoms with van der Waals surface area (Å²) in [5.41, 5.74) is 5.22. The number of carbonyl (C=O) groups excluding carboxylic acids is 2. The number of anilines is 3. The number of rotatable bonds is 6. The topological polar surface area (TPSA) is 112 Å². The van der Waals surface area contributed by atoms with Crippen LogP contribution in [0.2, 0.25) is 0 Å². The third-order valence-electron chi connectivity index (χ3n) is 4.20. The van der Waals surface area contributed by atoms with Gasteiger partial charge in [0.25, 0.3) is 0 Å². The Morgan fingerprint density at radius 3 is 2.58 bits per heavy atom. The summed E-state index contributed by atoms with van der Waals surface area (Å²) in [4.78, 5) is 30.0. The van der Waals surface area contributed by atoms with E-state index in [1.807, 2.05) is 32.6 Å². The average molecular weight is 334 g/mol. The van der Waals surface area contributed by atoms with Gasteiger partial charge >= 0.3 is 0 Å². The fraction of sp³-hybridized carbons (Fsp3) is 0.562. The molecule has 24 heavy (non-hydrogen) atoms. The molecule has 1 aliphatic rings. The number of pyridine rings is 1. The largest absolute Gasteiger partial charge is 0.341 e. The highest BCUT2D eigenvalue weighted by atomic mass is 16.2. The summed E-state index contributed by atoms with van der Waals surface area (Å²) in [5, 5.41) is 5.85. The third-order valence-corrected chi connectivity index (χ3v) is 4.20. The van der Waals surface area contributed by atoms with E-state index in [-0.39, 0.29) is 11.8 Å². The maximum absolute atomic E-state index is 12.1. The van der Waals surface area contributed by atoms with E-state index in [2.05, 4.69) is 21.0 Å². The van der Waals surface area contributed by atoms with E-state index in [1.165, 1.54) is 6.92 Å². The number of nitrogens with zero attached hydrogens (tertiary/aromatic N) is 2. The first-order chi connectivity index (χ1) is 11.2. The molecule has 8 nitrogen and oxygen atoms in total. The lowest BCUT2D eigenvalue weighted by atomic mass is 10.1. The second kappa shape index (κ2) is 6.64. The predicted molar refractivity (Wildman–Crippen MR) is 94.6 cm³/mol. The summed E-state index contributed by atoms with van der Waals surface area (Å²) in [6.07, 6.45) is 1.16. The summed E-state index contributed by atoms with van der Waals surface area (Å²) in [6, 6.07) is 0. The molecule has 5 N–H and O–H groups in total. The highest BCUT2D eigenvalue weighted by molar-refractivity contribution is 6.00. The van der Waals surface area contributed by atoms with Crippen LogP contribution < -0.4 is 26.8 Å². The van der Waals surface area contributed by atoms with E-state index in [9.17, 15) is 9.59 Å². The Hall–Kier alpha value is -2.35. The summed E-state index contributed by atoms with van der Waals surface area (Å²) < 4.78 is 0. The molecular weight excluding hydrogens is 308 g/mol. The van der Waals surface area contributed by atoms with Crippen molar-refractivity contribution < 1.29 is 9.59 Å². The van der Waals surface area contributed by atoms with Gasteiger partial charge in [0.05, 0.1) is 12.2 Å². The number of hydrazine groups is 1. The van der Waals surface area contributed by atoms with Crippen molar-refractivity contribution in [1.82, 2.24) is 10.3 Å². The maximum atomic E-state index is 12.1. The van der Waals surface area contributed by atoms with Crippen LogP contribution in [0.4, 0.5) is 17.2 Å². The summed E-state index contributed by atoms with van der Waals surface area (Å²) in [5.74, 6) is 5.82. The Bertz CT molecular complexity index is 675. The van der Waals surface area contributed by atoms with Crippen molar-refractivity contribution in [1.29, 1.82) is 0 Å². The third kappa shape index (κ3) is 3.43. The van der Waals surface area contributed by atoms with Gasteiger partial charge in [0, 0.05) is 19.0 Å². The average Bonchev–Trinajstić information content (AvgIpc) is 3.12. The number of aromatic nitrogens is 1. The van der Waals surface area contributed by atoms with Crippen LogP contribution in [0.1, 0.15) is 44.9 Å². The number of amides is 2. The number of nitrogens with two attached hydrogens (primary N) is 1. The summed E-state index contributed by atoms with van der Waals surface area (Å²) in [6.45, 7) is 9.85. The zero-order valence-corrected chi connectivity index (χ0v) is 14.9. The van der Waals surface area contributed by atoms with E-state index in [4.69, 9.17) is 5.84 Å². The number of carbonyl (C=O) groups is 2. The Kier molecular flexibility index (Phi) is 4.98. The smallest absolute Gasteiger partial charge is 0.224 e. The minimum Gasteiger partial charge on any atom is -0.341 e. The van der Waals surface area contributed by atoms with Gasteiger partial charge < -0.3 is 21.0 Å². The number of nitrogens with one attached hydrogen (secondary N) is 3. The van der Waals surface area contributed by atoms with Gasteiger partial charge in [-0.2, -0.15) is 0 Å². The molecule has 8 heteroatoms. The predicted octanol–water partition coefficient (Wildman–Crippen LogP) is 1.39. The van der Waals surface area contributed by atoms with Gasteiger partial charge in [-0.1, -0.05) is 6.92 Å². The highest BCUT2D eigenvalue weighted by Gasteiger charge is 2.50. The molecule has 0 aliphatic carbocycles. The van der Waals surface area contributed by atoms with Crippen molar-refractivity contribution in [2.45, 2.75) is 53.1 Å². The molecule has 0 bridgehead atoms. The normalized spacial score (nSPS) is 19.0. The molecule has 1 unspecified atom stereocenters. The Morgan fingerprint density at radius 2 is 2.04 bits per heavy atom. The molecule has 1 aromatic heterocycles. The van der Waals surface area contributed by atoms with Crippen LogP contribution in [0.3, 0.4) is 0 Å². The van der Waals surface area contributed by atoms with Gasteiger partial charge in [-0.3, -0.25) is 9.59 Å². The monoisotopic (exact) mass is 334 g/mol. The molecule has 0 radical (unpaired) electrons. The van der Waals surface area contributed by atoms with Crippen LogP contribution in [-0.4, -0.2) is 29.0 Å². The molecule has 132 valence electrons. The van der Waals surface area contributed by atoms with Crippen molar-refractivity contribution in [3.63, 3.8) is 0 Å². The van der Waals surface area contributed by atoms with Crippen molar-refractivity contribution >= 4 is 29.0 Å². The first kappa shape index (κ1) is 18.0. The summed E-state index contributed by atoms with van der Waals surface area (Å²) in [7, 11) is 0. The zero-order valence-electron chi connectivity index (χ0n) is 14.9. The molecule has 0 spiro atoms. The van der Waals surface area contributed by atoms with E-state index in [0.717, 1.165) is 23.4 Å². The van der Waals surface area contributed by atoms with Crippen LogP contribution in [0.25, 0.3) is 0 Å². The molecule has 0 saturated carbocycles. The fourth-order valence-corrected chi connectivity index (χ4v) is 2.85. The molecule has 2 heterocycles. The Balaban J connectivity index is 2.47. The zero-order chi connectivity index (χ0) is 18.1. The minimum atomic E-state index is -0.472. The summed E-state index contributed by atoms with van der Waals surface area (Å²) >= 11 is 0. The maximum Gasteiger partial charge on any atom is 0.224 e. The Morgan fingerprint density at radius 1 is 1.38 bits per heavy atom. The van der Waals surface area contributed by atoms with Crippen molar-refractivity contribution in [3.8, 4) is 0 Å². The van der Waals surface area contributed by atoms with Gasteiger partial charge in [0.1, 0.15) is 11.4 Å². The molecule has 1 fully saturated rings. The van der Waals surface area contributed by atoms with Crippen molar-refractivity contribution in [3.05, 3.63) is 11.3 Å². The molecule has 1 atom stereocenters. The Labute approximate surface area is 142 Å². The van der Waals surface area contributed by atoms with Crippen LogP contribution >= 0.6 is 0 Å². The van der Waals surface area contributed by atoms with E-state index in [0.29, 0.717) is 24.5 Å². The van der Waals surface area contributed by atoms with Gasteiger partial charge in [0.2, 0.25) is 11.8 Å². The SMILES string of the molecule is CCCC(=O)Nc1c(NN)nc(C)c(C)c1N1CC1(C)NC(C)=O. The quantitative estimate of drug-likeness (QED) is 0.355. The molecule has 2 rings (SSSR count). The second-order valence-electron chi connectivity index (χ2n) is 6.38.